The van der Waals surface area contributed by atoms with Gasteiger partial charge in [-0.1, -0.05) is 18.2 Å². The van der Waals surface area contributed by atoms with Crippen molar-refractivity contribution in [3.8, 4) is 0 Å². The fourth-order valence-electron chi connectivity index (χ4n) is 2.72. The van der Waals surface area contributed by atoms with Crippen LogP contribution in [0.15, 0.2) is 48.5 Å². The molecule has 0 radical (unpaired) electrons. The van der Waals surface area contributed by atoms with Crippen molar-refractivity contribution in [1.82, 2.24) is 0 Å². The number of carbonyl (C=O) groups excluding carboxylic acids is 1. The van der Waals surface area contributed by atoms with Crippen LogP contribution in [0.4, 0.5) is 15.8 Å². The van der Waals surface area contributed by atoms with Gasteiger partial charge in [0.25, 0.3) is 5.91 Å². The molecular formula is C19H21FN2O2. The van der Waals surface area contributed by atoms with Gasteiger partial charge in [0.2, 0.25) is 0 Å². The third-order valence-corrected chi connectivity index (χ3v) is 4.06. The van der Waals surface area contributed by atoms with Crippen LogP contribution in [0.2, 0.25) is 0 Å². The molecule has 1 unspecified atom stereocenters. The molecule has 1 fully saturated rings. The molecule has 3 rings (SSSR count). The first-order valence-corrected chi connectivity index (χ1v) is 8.22. The van der Waals surface area contributed by atoms with Crippen LogP contribution in [-0.2, 0) is 16.0 Å². The van der Waals surface area contributed by atoms with E-state index in [1.54, 1.807) is 12.1 Å². The number of rotatable bonds is 6. The largest absolute Gasteiger partial charge is 0.385 e. The standard InChI is InChI=1S/C19H21FN2O2/c20-17-5-2-1-4-14(17)11-12-21-15-7-9-16(10-8-15)22-19(23)18-6-3-13-24-18/h1-2,4-5,7-10,18,21H,3,6,11-13H2,(H,22,23). The average Bonchev–Trinajstić information content (AvgIpc) is 3.13. The summed E-state index contributed by atoms with van der Waals surface area (Å²) in [7, 11) is 0. The number of anilines is 2. The lowest BCUT2D eigenvalue weighted by atomic mass is 10.1. The van der Waals surface area contributed by atoms with Crippen molar-refractivity contribution in [2.45, 2.75) is 25.4 Å². The van der Waals surface area contributed by atoms with Crippen molar-refractivity contribution in [3.05, 3.63) is 59.9 Å². The minimum absolute atomic E-state index is 0.0900. The van der Waals surface area contributed by atoms with E-state index in [1.807, 2.05) is 30.3 Å². The molecule has 1 saturated heterocycles. The zero-order chi connectivity index (χ0) is 16.8. The highest BCUT2D eigenvalue weighted by Crippen LogP contribution is 2.17. The van der Waals surface area contributed by atoms with Gasteiger partial charge in [0.1, 0.15) is 11.9 Å². The van der Waals surface area contributed by atoms with Crippen LogP contribution in [0.25, 0.3) is 0 Å². The minimum atomic E-state index is -0.330. The number of hydrogen-bond acceptors (Lipinski definition) is 3. The summed E-state index contributed by atoms with van der Waals surface area (Å²) in [5, 5.41) is 6.11. The molecule has 24 heavy (non-hydrogen) atoms. The van der Waals surface area contributed by atoms with Crippen LogP contribution in [-0.4, -0.2) is 25.2 Å². The van der Waals surface area contributed by atoms with Gasteiger partial charge in [0.05, 0.1) is 0 Å². The number of benzene rings is 2. The maximum Gasteiger partial charge on any atom is 0.253 e. The average molecular weight is 328 g/mol. The number of nitrogens with one attached hydrogen (secondary N) is 2. The minimum Gasteiger partial charge on any atom is -0.385 e. The first-order chi connectivity index (χ1) is 11.7. The van der Waals surface area contributed by atoms with Crippen molar-refractivity contribution >= 4 is 17.3 Å². The van der Waals surface area contributed by atoms with Gasteiger partial charge in [-0.05, 0) is 55.2 Å². The summed E-state index contributed by atoms with van der Waals surface area (Å²) in [6.07, 6.45) is 2.00. The molecular weight excluding hydrogens is 307 g/mol. The maximum atomic E-state index is 13.5. The van der Waals surface area contributed by atoms with Gasteiger partial charge < -0.3 is 15.4 Å². The van der Waals surface area contributed by atoms with Crippen molar-refractivity contribution in [2.24, 2.45) is 0 Å². The molecule has 0 bridgehead atoms. The first-order valence-electron chi connectivity index (χ1n) is 8.22. The molecule has 1 aliphatic heterocycles. The predicted octanol–water partition coefficient (Wildman–Crippen LogP) is 3.60. The van der Waals surface area contributed by atoms with Crippen LogP contribution >= 0.6 is 0 Å². The molecule has 2 N–H and O–H groups in total. The Balaban J connectivity index is 1.47. The van der Waals surface area contributed by atoms with Crippen molar-refractivity contribution in [2.75, 3.05) is 23.8 Å². The Kier molecular flexibility index (Phi) is 5.43. The van der Waals surface area contributed by atoms with Gasteiger partial charge in [-0.2, -0.15) is 0 Å². The van der Waals surface area contributed by atoms with Gasteiger partial charge in [-0.25, -0.2) is 4.39 Å². The van der Waals surface area contributed by atoms with E-state index in [0.717, 1.165) is 24.2 Å². The molecule has 1 atom stereocenters. The highest BCUT2D eigenvalue weighted by molar-refractivity contribution is 5.94. The van der Waals surface area contributed by atoms with Gasteiger partial charge in [-0.15, -0.1) is 0 Å². The van der Waals surface area contributed by atoms with Gasteiger partial charge >= 0.3 is 0 Å². The van der Waals surface area contributed by atoms with Crippen LogP contribution in [0, 0.1) is 5.82 Å². The topological polar surface area (TPSA) is 50.4 Å². The zero-order valence-corrected chi connectivity index (χ0v) is 13.4. The van der Waals surface area contributed by atoms with E-state index in [-0.39, 0.29) is 17.8 Å². The normalized spacial score (nSPS) is 16.8. The molecule has 0 spiro atoms. The van der Waals surface area contributed by atoms with E-state index in [0.29, 0.717) is 25.1 Å². The Bertz CT molecular complexity index is 682. The molecule has 126 valence electrons. The smallest absolute Gasteiger partial charge is 0.253 e. The number of halogens is 1. The lowest BCUT2D eigenvalue weighted by Crippen LogP contribution is -2.26. The van der Waals surface area contributed by atoms with Crippen LogP contribution in [0.1, 0.15) is 18.4 Å². The monoisotopic (exact) mass is 328 g/mol. The second-order valence-corrected chi connectivity index (χ2v) is 5.84. The number of carbonyl (C=O) groups is 1. The first kappa shape index (κ1) is 16.5. The van der Waals surface area contributed by atoms with Gasteiger partial charge in [0, 0.05) is 24.5 Å². The zero-order valence-electron chi connectivity index (χ0n) is 13.4. The van der Waals surface area contributed by atoms with Crippen LogP contribution in [0.5, 0.6) is 0 Å². The third-order valence-electron chi connectivity index (χ3n) is 4.06. The lowest BCUT2D eigenvalue weighted by Gasteiger charge is -2.11. The summed E-state index contributed by atoms with van der Waals surface area (Å²) in [6, 6.07) is 14.3. The second-order valence-electron chi connectivity index (χ2n) is 5.84. The quantitative estimate of drug-likeness (QED) is 0.852. The third kappa shape index (κ3) is 4.32. The van der Waals surface area contributed by atoms with Gasteiger partial charge in [-0.3, -0.25) is 4.79 Å². The fourth-order valence-corrected chi connectivity index (χ4v) is 2.72. The summed E-state index contributed by atoms with van der Waals surface area (Å²) < 4.78 is 18.9. The summed E-state index contributed by atoms with van der Waals surface area (Å²) in [5.74, 6) is -0.265. The van der Waals surface area contributed by atoms with E-state index in [1.165, 1.54) is 6.07 Å². The highest BCUT2D eigenvalue weighted by Gasteiger charge is 2.23. The van der Waals surface area contributed by atoms with E-state index < -0.39 is 0 Å². The molecule has 1 heterocycles. The molecule has 0 aliphatic carbocycles. The molecule has 0 saturated carbocycles. The Morgan fingerprint density at radius 1 is 1.12 bits per heavy atom. The van der Waals surface area contributed by atoms with E-state index in [4.69, 9.17) is 4.74 Å². The second kappa shape index (κ2) is 7.93. The maximum absolute atomic E-state index is 13.5. The summed E-state index contributed by atoms with van der Waals surface area (Å²) in [5.41, 5.74) is 2.38. The molecule has 4 nitrogen and oxygen atoms in total. The Morgan fingerprint density at radius 2 is 1.88 bits per heavy atom. The van der Waals surface area contributed by atoms with Crippen molar-refractivity contribution in [3.63, 3.8) is 0 Å². The number of hydrogen-bond donors (Lipinski definition) is 2. The van der Waals surface area contributed by atoms with Crippen molar-refractivity contribution in [1.29, 1.82) is 0 Å². The summed E-state index contributed by atoms with van der Waals surface area (Å²) in [6.45, 7) is 1.30. The number of amides is 1. The fraction of sp³-hybridized carbons (Fsp3) is 0.316. The van der Waals surface area contributed by atoms with Crippen LogP contribution < -0.4 is 10.6 Å². The van der Waals surface area contributed by atoms with E-state index >= 15 is 0 Å². The molecule has 2 aromatic rings. The lowest BCUT2D eigenvalue weighted by molar-refractivity contribution is -0.124. The molecule has 0 aromatic heterocycles. The molecule has 2 aromatic carbocycles. The summed E-state index contributed by atoms with van der Waals surface area (Å²) >= 11 is 0. The molecule has 1 aliphatic rings. The van der Waals surface area contributed by atoms with E-state index in [9.17, 15) is 9.18 Å². The number of ether oxygens (including phenoxy) is 1. The Labute approximate surface area is 141 Å². The van der Waals surface area contributed by atoms with Gasteiger partial charge in [0.15, 0.2) is 0 Å². The predicted molar refractivity (Wildman–Crippen MR) is 92.6 cm³/mol. The van der Waals surface area contributed by atoms with E-state index in [2.05, 4.69) is 10.6 Å². The van der Waals surface area contributed by atoms with Crippen LogP contribution in [0.3, 0.4) is 0 Å². The van der Waals surface area contributed by atoms with Crippen molar-refractivity contribution < 1.29 is 13.9 Å². The Morgan fingerprint density at radius 3 is 2.58 bits per heavy atom. The molecule has 5 heteroatoms. The molecule has 1 amide bonds. The summed E-state index contributed by atoms with van der Waals surface area (Å²) in [4.78, 5) is 12.0. The SMILES string of the molecule is O=C(Nc1ccc(NCCc2ccccc2F)cc1)C1CCCO1. The highest BCUT2D eigenvalue weighted by atomic mass is 19.1. The Hall–Kier alpha value is -2.40.